The van der Waals surface area contributed by atoms with Crippen LogP contribution in [0.5, 0.6) is 0 Å². The molecule has 0 aliphatic carbocycles. The maximum atomic E-state index is 13.9. The lowest BCUT2D eigenvalue weighted by Crippen LogP contribution is -2.55. The molecule has 1 saturated heterocycles. The van der Waals surface area contributed by atoms with E-state index in [0.717, 1.165) is 23.6 Å². The van der Waals surface area contributed by atoms with Crippen molar-refractivity contribution in [3.63, 3.8) is 0 Å². The zero-order valence-electron chi connectivity index (χ0n) is 13.4. The van der Waals surface area contributed by atoms with Crippen LogP contribution in [0.2, 0.25) is 5.02 Å². The predicted octanol–water partition coefficient (Wildman–Crippen LogP) is 2.36. The number of benzene rings is 1. The van der Waals surface area contributed by atoms with Crippen LogP contribution in [0.25, 0.3) is 0 Å². The summed E-state index contributed by atoms with van der Waals surface area (Å²) in [4.78, 5) is 0. The minimum absolute atomic E-state index is 0.115. The van der Waals surface area contributed by atoms with E-state index in [0.29, 0.717) is 6.54 Å². The van der Waals surface area contributed by atoms with Crippen LogP contribution in [0, 0.1) is 5.82 Å². The molecular weight excluding hydrogens is 341 g/mol. The van der Waals surface area contributed by atoms with Crippen LogP contribution in [0.15, 0.2) is 18.2 Å². The Bertz CT molecular complexity index is 634. The van der Waals surface area contributed by atoms with Crippen LogP contribution in [0.4, 0.5) is 4.39 Å². The van der Waals surface area contributed by atoms with Crippen LogP contribution in [0.3, 0.4) is 0 Å². The second-order valence-electron chi connectivity index (χ2n) is 6.00. The molecule has 1 aliphatic heterocycles. The third-order valence-corrected chi connectivity index (χ3v) is 6.55. The second kappa shape index (κ2) is 7.44. The SMILES string of the molecule is CC(N)C1CCCCN1S(=O)(=O)N(C)Cc1c(F)cccc1Cl. The molecule has 0 saturated carbocycles. The topological polar surface area (TPSA) is 66.6 Å². The number of piperidine rings is 1. The van der Waals surface area contributed by atoms with E-state index in [9.17, 15) is 12.8 Å². The van der Waals surface area contributed by atoms with Crippen LogP contribution in [-0.4, -0.2) is 42.7 Å². The quantitative estimate of drug-likeness (QED) is 0.873. The number of hydrogen-bond donors (Lipinski definition) is 1. The Morgan fingerprint density at radius 2 is 2.17 bits per heavy atom. The normalized spacial score (nSPS) is 21.6. The summed E-state index contributed by atoms with van der Waals surface area (Å²) in [5.74, 6) is -0.512. The van der Waals surface area contributed by atoms with Gasteiger partial charge in [-0.15, -0.1) is 0 Å². The highest BCUT2D eigenvalue weighted by Gasteiger charge is 2.37. The minimum atomic E-state index is -3.73. The number of nitrogens with zero attached hydrogens (tertiary/aromatic N) is 2. The Hall–Kier alpha value is -0.730. The summed E-state index contributed by atoms with van der Waals surface area (Å²) in [7, 11) is -2.29. The Balaban J connectivity index is 2.24. The largest absolute Gasteiger partial charge is 0.326 e. The lowest BCUT2D eigenvalue weighted by atomic mass is 10.00. The first-order valence-electron chi connectivity index (χ1n) is 7.66. The molecule has 1 heterocycles. The van der Waals surface area contributed by atoms with Gasteiger partial charge in [-0.1, -0.05) is 24.1 Å². The summed E-state index contributed by atoms with van der Waals surface area (Å²) in [5, 5.41) is 0.217. The molecular formula is C15H23ClFN3O2S. The molecule has 0 aromatic heterocycles. The Kier molecular flexibility index (Phi) is 6.02. The molecule has 0 bridgehead atoms. The van der Waals surface area contributed by atoms with E-state index in [1.807, 2.05) is 6.92 Å². The van der Waals surface area contributed by atoms with Gasteiger partial charge >= 0.3 is 0 Å². The van der Waals surface area contributed by atoms with Crippen molar-refractivity contribution >= 4 is 21.8 Å². The molecule has 0 amide bonds. The maximum absolute atomic E-state index is 13.9. The average molecular weight is 364 g/mol. The molecule has 2 atom stereocenters. The first-order valence-corrected chi connectivity index (χ1v) is 9.44. The highest BCUT2D eigenvalue weighted by atomic mass is 35.5. The maximum Gasteiger partial charge on any atom is 0.282 e. The van der Waals surface area contributed by atoms with Gasteiger partial charge in [0, 0.05) is 42.8 Å². The van der Waals surface area contributed by atoms with Crippen molar-refractivity contribution < 1.29 is 12.8 Å². The van der Waals surface area contributed by atoms with Crippen LogP contribution < -0.4 is 5.73 Å². The standard InChI is InChI=1S/C15H23ClFN3O2S/c1-11(18)15-8-3-4-9-20(15)23(21,22)19(2)10-12-13(16)6-5-7-14(12)17/h5-7,11,15H,3-4,8-10,18H2,1-2H3. The fourth-order valence-corrected chi connectivity index (χ4v) is 4.78. The fourth-order valence-electron chi connectivity index (χ4n) is 2.91. The monoisotopic (exact) mass is 363 g/mol. The first-order chi connectivity index (χ1) is 10.7. The molecule has 8 heteroatoms. The van der Waals surface area contributed by atoms with Crippen molar-refractivity contribution in [3.8, 4) is 0 Å². The molecule has 23 heavy (non-hydrogen) atoms. The van der Waals surface area contributed by atoms with E-state index in [-0.39, 0.29) is 29.2 Å². The van der Waals surface area contributed by atoms with Crippen molar-refractivity contribution in [3.05, 3.63) is 34.6 Å². The zero-order chi connectivity index (χ0) is 17.2. The molecule has 2 N–H and O–H groups in total. The third kappa shape index (κ3) is 4.03. The average Bonchev–Trinajstić information content (AvgIpc) is 2.50. The van der Waals surface area contributed by atoms with Crippen molar-refractivity contribution in [2.45, 2.75) is 44.8 Å². The van der Waals surface area contributed by atoms with E-state index in [1.54, 1.807) is 6.07 Å². The lowest BCUT2D eigenvalue weighted by Gasteiger charge is -2.38. The Labute approximate surface area is 142 Å². The first kappa shape index (κ1) is 18.6. The van der Waals surface area contributed by atoms with Gasteiger partial charge in [0.1, 0.15) is 5.82 Å². The van der Waals surface area contributed by atoms with E-state index in [2.05, 4.69) is 0 Å². The van der Waals surface area contributed by atoms with Gasteiger partial charge in [-0.05, 0) is 31.9 Å². The van der Waals surface area contributed by atoms with Gasteiger partial charge in [0.15, 0.2) is 0 Å². The van der Waals surface area contributed by atoms with Crippen molar-refractivity contribution in [1.29, 1.82) is 0 Å². The van der Waals surface area contributed by atoms with E-state index in [1.165, 1.54) is 23.5 Å². The zero-order valence-corrected chi connectivity index (χ0v) is 14.9. The molecule has 0 spiro atoms. The predicted molar refractivity (Wildman–Crippen MR) is 89.8 cm³/mol. The number of halogens is 2. The van der Waals surface area contributed by atoms with Crippen molar-refractivity contribution in [2.75, 3.05) is 13.6 Å². The highest BCUT2D eigenvalue weighted by molar-refractivity contribution is 7.86. The summed E-state index contributed by atoms with van der Waals surface area (Å²) >= 11 is 5.99. The van der Waals surface area contributed by atoms with Gasteiger partial charge in [-0.2, -0.15) is 17.0 Å². The molecule has 1 fully saturated rings. The molecule has 1 aliphatic rings. The summed E-state index contributed by atoms with van der Waals surface area (Å²) in [5.41, 5.74) is 6.12. The second-order valence-corrected chi connectivity index (χ2v) is 8.39. The third-order valence-electron chi connectivity index (χ3n) is 4.24. The van der Waals surface area contributed by atoms with Crippen LogP contribution in [0.1, 0.15) is 31.7 Å². The molecule has 2 rings (SSSR count). The highest BCUT2D eigenvalue weighted by Crippen LogP contribution is 2.26. The summed E-state index contributed by atoms with van der Waals surface area (Å²) in [6.07, 6.45) is 2.50. The molecule has 5 nitrogen and oxygen atoms in total. The van der Waals surface area contributed by atoms with E-state index in [4.69, 9.17) is 17.3 Å². The van der Waals surface area contributed by atoms with Gasteiger partial charge in [-0.3, -0.25) is 0 Å². The number of hydrogen-bond acceptors (Lipinski definition) is 3. The van der Waals surface area contributed by atoms with E-state index >= 15 is 0 Å². The summed E-state index contributed by atoms with van der Waals surface area (Å²) in [6, 6.07) is 3.83. The number of rotatable bonds is 5. The van der Waals surface area contributed by atoms with Crippen LogP contribution in [-0.2, 0) is 16.8 Å². The molecule has 1 aromatic rings. The summed E-state index contributed by atoms with van der Waals surface area (Å²) < 4.78 is 42.2. The lowest BCUT2D eigenvalue weighted by molar-refractivity contribution is 0.213. The Morgan fingerprint density at radius 3 is 2.78 bits per heavy atom. The Morgan fingerprint density at radius 1 is 1.48 bits per heavy atom. The van der Waals surface area contributed by atoms with Gasteiger partial charge in [-0.25, -0.2) is 4.39 Å². The smallest absolute Gasteiger partial charge is 0.282 e. The van der Waals surface area contributed by atoms with Gasteiger partial charge in [0.05, 0.1) is 0 Å². The minimum Gasteiger partial charge on any atom is -0.326 e. The number of nitrogens with two attached hydrogens (primary N) is 1. The van der Waals surface area contributed by atoms with Crippen molar-refractivity contribution in [2.24, 2.45) is 5.73 Å². The molecule has 1 aromatic carbocycles. The molecule has 2 unspecified atom stereocenters. The van der Waals surface area contributed by atoms with Gasteiger partial charge < -0.3 is 5.73 Å². The molecule has 130 valence electrons. The molecule has 0 radical (unpaired) electrons. The fraction of sp³-hybridized carbons (Fsp3) is 0.600. The summed E-state index contributed by atoms with van der Waals surface area (Å²) in [6.45, 7) is 2.13. The van der Waals surface area contributed by atoms with Crippen molar-refractivity contribution in [1.82, 2.24) is 8.61 Å². The van der Waals surface area contributed by atoms with Gasteiger partial charge in [0.2, 0.25) is 0 Å². The van der Waals surface area contributed by atoms with Gasteiger partial charge in [0.25, 0.3) is 10.2 Å². The van der Waals surface area contributed by atoms with E-state index < -0.39 is 16.0 Å². The van der Waals surface area contributed by atoms with Crippen LogP contribution >= 0.6 is 11.6 Å².